The highest BCUT2D eigenvalue weighted by Gasteiger charge is 2.42. The van der Waals surface area contributed by atoms with Gasteiger partial charge in [0.15, 0.2) is 0 Å². The third-order valence-electron chi connectivity index (χ3n) is 4.39. The predicted octanol–water partition coefficient (Wildman–Crippen LogP) is 3.53. The van der Waals surface area contributed by atoms with Crippen LogP contribution in [-0.2, 0) is 4.79 Å². The molecule has 0 aromatic carbocycles. The number of aliphatic carboxylic acids is 1. The molecule has 106 valence electrons. The fraction of sp³-hybridized carbons (Fsp3) is 0.933. The molecule has 0 bridgehead atoms. The Balaban J connectivity index is 2.16. The van der Waals surface area contributed by atoms with Crippen molar-refractivity contribution in [1.29, 1.82) is 0 Å². The summed E-state index contributed by atoms with van der Waals surface area (Å²) < 4.78 is 0. The summed E-state index contributed by atoms with van der Waals surface area (Å²) in [6.07, 6.45) is 9.44. The summed E-state index contributed by atoms with van der Waals surface area (Å²) in [6, 6.07) is 0. The first-order chi connectivity index (χ1) is 8.64. The van der Waals surface area contributed by atoms with Crippen molar-refractivity contribution in [3.63, 3.8) is 0 Å². The lowest BCUT2D eigenvalue weighted by atomic mass is 9.84. The Labute approximate surface area is 112 Å². The number of likely N-dealkylation sites (tertiary alicyclic amines) is 1. The van der Waals surface area contributed by atoms with E-state index in [9.17, 15) is 9.90 Å². The Morgan fingerprint density at radius 2 is 1.83 bits per heavy atom. The van der Waals surface area contributed by atoms with Gasteiger partial charge in [0, 0.05) is 6.54 Å². The maximum Gasteiger partial charge on any atom is 0.310 e. The lowest BCUT2D eigenvalue weighted by Gasteiger charge is -2.23. The van der Waals surface area contributed by atoms with Crippen molar-refractivity contribution in [1.82, 2.24) is 4.90 Å². The molecule has 0 spiro atoms. The third-order valence-corrected chi connectivity index (χ3v) is 4.39. The summed E-state index contributed by atoms with van der Waals surface area (Å²) >= 11 is 0. The van der Waals surface area contributed by atoms with E-state index >= 15 is 0 Å². The predicted molar refractivity (Wildman–Crippen MR) is 74.8 cm³/mol. The summed E-state index contributed by atoms with van der Waals surface area (Å²) in [7, 11) is 0. The van der Waals surface area contributed by atoms with Crippen LogP contribution in [0, 0.1) is 5.41 Å². The van der Waals surface area contributed by atoms with E-state index in [2.05, 4.69) is 11.8 Å². The number of unbranched alkanes of at least 4 members (excludes halogenated alkanes) is 5. The quantitative estimate of drug-likeness (QED) is 0.641. The lowest BCUT2D eigenvalue weighted by molar-refractivity contribution is -0.148. The number of hydrogen-bond acceptors (Lipinski definition) is 2. The van der Waals surface area contributed by atoms with E-state index in [0.717, 1.165) is 32.5 Å². The van der Waals surface area contributed by atoms with Crippen LogP contribution in [-0.4, -0.2) is 35.6 Å². The first-order valence-corrected chi connectivity index (χ1v) is 7.60. The Hall–Kier alpha value is -0.570. The molecule has 0 aromatic rings. The second-order valence-electron chi connectivity index (χ2n) is 5.73. The monoisotopic (exact) mass is 255 g/mol. The molecule has 1 rings (SSSR count). The maximum atomic E-state index is 11.3. The molecule has 1 aliphatic rings. The fourth-order valence-electron chi connectivity index (χ4n) is 2.88. The maximum absolute atomic E-state index is 11.3. The van der Waals surface area contributed by atoms with Crippen LogP contribution in [0.25, 0.3) is 0 Å². The van der Waals surface area contributed by atoms with Crippen molar-refractivity contribution in [2.75, 3.05) is 19.6 Å². The minimum absolute atomic E-state index is 0.456. The van der Waals surface area contributed by atoms with Crippen molar-refractivity contribution in [3.05, 3.63) is 0 Å². The lowest BCUT2D eigenvalue weighted by Crippen LogP contribution is -2.34. The molecular formula is C15H29NO2. The third kappa shape index (κ3) is 4.27. The minimum Gasteiger partial charge on any atom is -0.481 e. The zero-order chi connectivity index (χ0) is 13.4. The SMILES string of the molecule is CCCCCCCCN1CCC(CC)(C(=O)O)C1. The van der Waals surface area contributed by atoms with Crippen LogP contribution in [0.3, 0.4) is 0 Å². The normalized spacial score (nSPS) is 24.6. The van der Waals surface area contributed by atoms with Crippen molar-refractivity contribution < 1.29 is 9.90 Å². The van der Waals surface area contributed by atoms with Gasteiger partial charge in [-0.25, -0.2) is 0 Å². The number of carbonyl (C=O) groups is 1. The topological polar surface area (TPSA) is 40.5 Å². The Bertz CT molecular complexity index is 255. The van der Waals surface area contributed by atoms with Gasteiger partial charge in [0.2, 0.25) is 0 Å². The molecule has 0 amide bonds. The average Bonchev–Trinajstić information content (AvgIpc) is 2.78. The largest absolute Gasteiger partial charge is 0.481 e. The van der Waals surface area contributed by atoms with Gasteiger partial charge in [0.1, 0.15) is 0 Å². The van der Waals surface area contributed by atoms with Gasteiger partial charge in [-0.05, 0) is 32.4 Å². The van der Waals surface area contributed by atoms with Crippen LogP contribution in [0.15, 0.2) is 0 Å². The molecule has 3 heteroatoms. The van der Waals surface area contributed by atoms with Crippen LogP contribution in [0.5, 0.6) is 0 Å². The number of carboxylic acids is 1. The molecule has 1 fully saturated rings. The molecule has 1 unspecified atom stereocenters. The summed E-state index contributed by atoms with van der Waals surface area (Å²) in [5.41, 5.74) is -0.456. The van der Waals surface area contributed by atoms with E-state index in [0.29, 0.717) is 0 Å². The summed E-state index contributed by atoms with van der Waals surface area (Å²) in [5, 5.41) is 9.32. The van der Waals surface area contributed by atoms with Gasteiger partial charge < -0.3 is 10.0 Å². The minimum atomic E-state index is -0.601. The Kier molecular flexibility index (Phi) is 6.69. The van der Waals surface area contributed by atoms with Gasteiger partial charge >= 0.3 is 5.97 Å². The van der Waals surface area contributed by atoms with Crippen molar-refractivity contribution >= 4 is 5.97 Å². The van der Waals surface area contributed by atoms with Crippen LogP contribution in [0.2, 0.25) is 0 Å². The fourth-order valence-corrected chi connectivity index (χ4v) is 2.88. The first kappa shape index (κ1) is 15.5. The molecule has 18 heavy (non-hydrogen) atoms. The highest BCUT2D eigenvalue weighted by Crippen LogP contribution is 2.34. The molecule has 1 heterocycles. The van der Waals surface area contributed by atoms with Gasteiger partial charge in [0.05, 0.1) is 5.41 Å². The van der Waals surface area contributed by atoms with Gasteiger partial charge in [-0.1, -0.05) is 46.0 Å². The number of rotatable bonds is 9. The number of nitrogens with zero attached hydrogens (tertiary/aromatic N) is 1. The van der Waals surface area contributed by atoms with Crippen molar-refractivity contribution in [2.45, 2.75) is 65.2 Å². The summed E-state index contributed by atoms with van der Waals surface area (Å²) in [6.45, 7) is 7.05. The van der Waals surface area contributed by atoms with Gasteiger partial charge in [-0.2, -0.15) is 0 Å². The van der Waals surface area contributed by atoms with Gasteiger partial charge in [0.25, 0.3) is 0 Å². The second-order valence-corrected chi connectivity index (χ2v) is 5.73. The summed E-state index contributed by atoms with van der Waals surface area (Å²) in [4.78, 5) is 13.7. The Morgan fingerprint density at radius 3 is 2.39 bits per heavy atom. The number of carboxylic acid groups (broad SMARTS) is 1. The molecular weight excluding hydrogens is 226 g/mol. The van der Waals surface area contributed by atoms with E-state index < -0.39 is 11.4 Å². The van der Waals surface area contributed by atoms with Crippen LogP contribution >= 0.6 is 0 Å². The highest BCUT2D eigenvalue weighted by molar-refractivity contribution is 5.75. The molecule has 0 aromatic heterocycles. The smallest absolute Gasteiger partial charge is 0.310 e. The molecule has 0 saturated carbocycles. The molecule has 1 aliphatic heterocycles. The van der Waals surface area contributed by atoms with Gasteiger partial charge in [-0.3, -0.25) is 4.79 Å². The second kappa shape index (κ2) is 7.78. The zero-order valence-corrected chi connectivity index (χ0v) is 12.1. The molecule has 0 aliphatic carbocycles. The number of hydrogen-bond donors (Lipinski definition) is 1. The summed E-state index contributed by atoms with van der Waals surface area (Å²) in [5.74, 6) is -0.601. The van der Waals surface area contributed by atoms with Gasteiger partial charge in [-0.15, -0.1) is 0 Å². The zero-order valence-electron chi connectivity index (χ0n) is 12.1. The van der Waals surface area contributed by atoms with Crippen molar-refractivity contribution in [3.8, 4) is 0 Å². The Morgan fingerprint density at radius 1 is 1.17 bits per heavy atom. The van der Waals surface area contributed by atoms with Crippen LogP contribution < -0.4 is 0 Å². The standard InChI is InChI=1S/C15H29NO2/c1-3-5-6-7-8-9-11-16-12-10-15(4-2,13-16)14(17)18/h3-13H2,1-2H3,(H,17,18). The van der Waals surface area contributed by atoms with Crippen molar-refractivity contribution in [2.24, 2.45) is 5.41 Å². The highest BCUT2D eigenvalue weighted by atomic mass is 16.4. The van der Waals surface area contributed by atoms with E-state index in [4.69, 9.17) is 0 Å². The van der Waals surface area contributed by atoms with Crippen LogP contribution in [0.1, 0.15) is 65.2 Å². The molecule has 1 saturated heterocycles. The average molecular weight is 255 g/mol. The van der Waals surface area contributed by atoms with E-state index in [-0.39, 0.29) is 0 Å². The van der Waals surface area contributed by atoms with E-state index in [1.54, 1.807) is 0 Å². The molecule has 3 nitrogen and oxygen atoms in total. The molecule has 0 radical (unpaired) electrons. The van der Waals surface area contributed by atoms with E-state index in [1.807, 2.05) is 6.92 Å². The van der Waals surface area contributed by atoms with Crippen LogP contribution in [0.4, 0.5) is 0 Å². The first-order valence-electron chi connectivity index (χ1n) is 7.60. The van der Waals surface area contributed by atoms with E-state index in [1.165, 1.54) is 38.5 Å². The molecule has 1 N–H and O–H groups in total. The molecule has 1 atom stereocenters.